The van der Waals surface area contributed by atoms with E-state index in [2.05, 4.69) is 10.2 Å². The first-order valence-corrected chi connectivity index (χ1v) is 8.44. The van der Waals surface area contributed by atoms with Crippen LogP contribution >= 0.6 is 0 Å². The number of ether oxygens (including phenoxy) is 2. The molecule has 28 heavy (non-hydrogen) atoms. The molecule has 0 spiro atoms. The zero-order chi connectivity index (χ0) is 20.1. The number of rotatable bonds is 7. The Labute approximate surface area is 160 Å². The van der Waals surface area contributed by atoms with E-state index in [0.29, 0.717) is 11.3 Å². The summed E-state index contributed by atoms with van der Waals surface area (Å²) in [6, 6.07) is 14.6. The molecule has 0 unspecified atom stereocenters. The monoisotopic (exact) mass is 383 g/mol. The molecule has 1 aromatic heterocycles. The number of aromatic nitrogens is 2. The first-order valence-electron chi connectivity index (χ1n) is 8.44. The van der Waals surface area contributed by atoms with Crippen LogP contribution < -0.4 is 4.74 Å². The zero-order valence-electron chi connectivity index (χ0n) is 15.1. The highest BCUT2D eigenvalue weighted by atomic mass is 16.6. The molecule has 1 heterocycles. The lowest BCUT2D eigenvalue weighted by Gasteiger charge is -2.16. The molecule has 0 aliphatic rings. The normalized spacial score (nSPS) is 12.8. The van der Waals surface area contributed by atoms with Gasteiger partial charge in [0.15, 0.2) is 12.2 Å². The van der Waals surface area contributed by atoms with Crippen molar-refractivity contribution in [1.29, 1.82) is 0 Å². The summed E-state index contributed by atoms with van der Waals surface area (Å²) >= 11 is 0. The number of hydrogen-bond donors (Lipinski definition) is 0. The third-order valence-electron chi connectivity index (χ3n) is 3.79. The average Bonchev–Trinajstić information content (AvgIpc) is 3.19. The maximum Gasteiger partial charge on any atom is 0.347 e. The number of benzene rings is 2. The molecule has 0 saturated carbocycles. The second kappa shape index (κ2) is 8.30. The number of nitro groups is 1. The summed E-state index contributed by atoms with van der Waals surface area (Å²) in [6.45, 7) is 3.18. The van der Waals surface area contributed by atoms with Crippen LogP contribution in [0.5, 0.6) is 5.75 Å². The molecule has 9 nitrogen and oxygen atoms in total. The second-order valence-corrected chi connectivity index (χ2v) is 5.90. The summed E-state index contributed by atoms with van der Waals surface area (Å²) in [4.78, 5) is 22.4. The van der Waals surface area contributed by atoms with Gasteiger partial charge in [-0.25, -0.2) is 4.79 Å². The number of para-hydroxylation sites is 1. The number of carbonyl (C=O) groups is 1. The fourth-order valence-corrected chi connectivity index (χ4v) is 2.31. The van der Waals surface area contributed by atoms with E-state index in [1.807, 2.05) is 6.07 Å². The maximum absolute atomic E-state index is 12.2. The van der Waals surface area contributed by atoms with Crippen LogP contribution in [-0.2, 0) is 9.53 Å². The van der Waals surface area contributed by atoms with Gasteiger partial charge in [-0.15, -0.1) is 10.2 Å². The average molecular weight is 383 g/mol. The van der Waals surface area contributed by atoms with Gasteiger partial charge >= 0.3 is 5.97 Å². The van der Waals surface area contributed by atoms with Crippen LogP contribution in [0.3, 0.4) is 0 Å². The van der Waals surface area contributed by atoms with Crippen LogP contribution in [-0.4, -0.2) is 27.2 Å². The molecule has 2 atom stereocenters. The van der Waals surface area contributed by atoms with Crippen molar-refractivity contribution in [3.05, 3.63) is 70.6 Å². The van der Waals surface area contributed by atoms with Crippen molar-refractivity contribution < 1.29 is 23.6 Å². The van der Waals surface area contributed by atoms with Crippen LogP contribution in [0, 0.1) is 10.1 Å². The quantitative estimate of drug-likeness (QED) is 0.344. The predicted octanol–water partition coefficient (Wildman–Crippen LogP) is 3.72. The molecular weight excluding hydrogens is 366 g/mol. The Morgan fingerprint density at radius 3 is 2.39 bits per heavy atom. The summed E-state index contributed by atoms with van der Waals surface area (Å²) in [5.41, 5.74) is 0.474. The van der Waals surface area contributed by atoms with Gasteiger partial charge in [-0.1, -0.05) is 18.2 Å². The van der Waals surface area contributed by atoms with Crippen molar-refractivity contribution in [2.24, 2.45) is 0 Å². The first-order chi connectivity index (χ1) is 13.4. The molecule has 0 saturated heterocycles. The van der Waals surface area contributed by atoms with Crippen molar-refractivity contribution in [2.75, 3.05) is 0 Å². The van der Waals surface area contributed by atoms with Crippen molar-refractivity contribution in [1.82, 2.24) is 10.2 Å². The van der Waals surface area contributed by atoms with Gasteiger partial charge in [0.25, 0.3) is 11.6 Å². The zero-order valence-corrected chi connectivity index (χ0v) is 15.1. The van der Waals surface area contributed by atoms with Crippen LogP contribution in [0.15, 0.2) is 59.0 Å². The molecule has 144 valence electrons. The molecule has 0 aliphatic carbocycles. The number of hydrogen-bond acceptors (Lipinski definition) is 8. The maximum atomic E-state index is 12.2. The van der Waals surface area contributed by atoms with E-state index < -0.39 is 23.1 Å². The number of non-ortho nitro benzene ring substituents is 1. The summed E-state index contributed by atoms with van der Waals surface area (Å²) in [6.07, 6.45) is -1.60. The van der Waals surface area contributed by atoms with Gasteiger partial charge in [-0.3, -0.25) is 10.1 Å². The molecular formula is C19H17N3O6. The van der Waals surface area contributed by atoms with Gasteiger partial charge in [-0.05, 0) is 38.1 Å². The van der Waals surface area contributed by atoms with Crippen molar-refractivity contribution >= 4 is 11.7 Å². The molecule has 0 radical (unpaired) electrons. The van der Waals surface area contributed by atoms with Crippen LogP contribution in [0.25, 0.3) is 11.5 Å². The smallest absolute Gasteiger partial charge is 0.347 e. The third kappa shape index (κ3) is 4.50. The molecule has 3 rings (SSSR count). The molecule has 0 amide bonds. The van der Waals surface area contributed by atoms with E-state index >= 15 is 0 Å². The molecule has 0 bridgehead atoms. The Hall–Kier alpha value is -3.75. The fourth-order valence-electron chi connectivity index (χ4n) is 2.31. The first kappa shape index (κ1) is 19.0. The largest absolute Gasteiger partial charge is 0.479 e. The standard InChI is InChI=1S/C19H17N3O6/c1-12(27-19(23)13(2)26-16-6-4-3-5-7-16)17-20-21-18(28-17)14-8-10-15(11-9-14)22(24)25/h3-13H,1-2H3/t12-,13+/m0/s1. The Balaban J connectivity index is 1.62. The predicted molar refractivity (Wildman–Crippen MR) is 97.4 cm³/mol. The third-order valence-corrected chi connectivity index (χ3v) is 3.79. The van der Waals surface area contributed by atoms with E-state index in [0.717, 1.165) is 0 Å². The van der Waals surface area contributed by atoms with E-state index in [1.54, 1.807) is 38.1 Å². The van der Waals surface area contributed by atoms with Gasteiger partial charge < -0.3 is 13.9 Å². The van der Waals surface area contributed by atoms with Crippen molar-refractivity contribution in [2.45, 2.75) is 26.1 Å². The Morgan fingerprint density at radius 1 is 1.07 bits per heavy atom. The van der Waals surface area contributed by atoms with E-state index in [1.165, 1.54) is 24.3 Å². The lowest BCUT2D eigenvalue weighted by molar-refractivity contribution is -0.384. The highest BCUT2D eigenvalue weighted by Gasteiger charge is 2.23. The van der Waals surface area contributed by atoms with Gasteiger partial charge in [0, 0.05) is 17.7 Å². The van der Waals surface area contributed by atoms with Crippen LogP contribution in [0.2, 0.25) is 0 Å². The number of carbonyl (C=O) groups excluding carboxylic acids is 1. The van der Waals surface area contributed by atoms with E-state index in [-0.39, 0.29) is 17.5 Å². The number of nitrogens with zero attached hydrogens (tertiary/aromatic N) is 3. The van der Waals surface area contributed by atoms with Crippen molar-refractivity contribution in [3.8, 4) is 17.2 Å². The topological polar surface area (TPSA) is 118 Å². The van der Waals surface area contributed by atoms with Gasteiger partial charge in [0.2, 0.25) is 5.89 Å². The van der Waals surface area contributed by atoms with E-state index in [9.17, 15) is 14.9 Å². The number of nitro benzene ring substituents is 1. The Morgan fingerprint density at radius 2 is 1.75 bits per heavy atom. The second-order valence-electron chi connectivity index (χ2n) is 5.90. The molecule has 0 N–H and O–H groups in total. The minimum Gasteiger partial charge on any atom is -0.479 e. The van der Waals surface area contributed by atoms with Gasteiger partial charge in [-0.2, -0.15) is 0 Å². The highest BCUT2D eigenvalue weighted by molar-refractivity contribution is 5.74. The molecule has 0 fully saturated rings. The summed E-state index contributed by atoms with van der Waals surface area (Å²) in [5, 5.41) is 18.5. The minimum atomic E-state index is -0.818. The molecule has 0 aliphatic heterocycles. The lowest BCUT2D eigenvalue weighted by Crippen LogP contribution is -2.27. The summed E-state index contributed by atoms with van der Waals surface area (Å²) < 4.78 is 16.4. The van der Waals surface area contributed by atoms with Gasteiger partial charge in [0.05, 0.1) is 4.92 Å². The van der Waals surface area contributed by atoms with Crippen molar-refractivity contribution in [3.63, 3.8) is 0 Å². The SMILES string of the molecule is C[C@H](OC(=O)[C@@H](C)Oc1ccccc1)c1nnc(-c2ccc([N+](=O)[O-])cc2)o1. The van der Waals surface area contributed by atoms with Crippen LogP contribution in [0.4, 0.5) is 5.69 Å². The molecule has 2 aromatic carbocycles. The highest BCUT2D eigenvalue weighted by Crippen LogP contribution is 2.24. The lowest BCUT2D eigenvalue weighted by atomic mass is 10.2. The molecule has 9 heteroatoms. The Bertz CT molecular complexity index is 955. The number of esters is 1. The van der Waals surface area contributed by atoms with Crippen LogP contribution in [0.1, 0.15) is 25.8 Å². The fraction of sp³-hybridized carbons (Fsp3) is 0.211. The van der Waals surface area contributed by atoms with E-state index in [4.69, 9.17) is 13.9 Å². The molecule has 3 aromatic rings. The van der Waals surface area contributed by atoms with Gasteiger partial charge in [0.1, 0.15) is 5.75 Å². The minimum absolute atomic E-state index is 0.0433. The summed E-state index contributed by atoms with van der Waals surface area (Å²) in [5.74, 6) is 0.249. The summed E-state index contributed by atoms with van der Waals surface area (Å²) in [7, 11) is 0. The Kier molecular flexibility index (Phi) is 5.64.